The Bertz CT molecular complexity index is 631. The number of ether oxygens (including phenoxy) is 3. The third-order valence-electron chi connectivity index (χ3n) is 4.69. The lowest BCUT2D eigenvalue weighted by molar-refractivity contribution is -0.138. The maximum Gasteiger partial charge on any atom is 0.338 e. The molecular formula is C21H31NO5. The maximum absolute atomic E-state index is 12.4. The van der Waals surface area contributed by atoms with E-state index in [0.717, 1.165) is 38.6 Å². The van der Waals surface area contributed by atoms with Crippen LogP contribution in [-0.2, 0) is 9.53 Å². The van der Waals surface area contributed by atoms with E-state index in [0.29, 0.717) is 30.3 Å². The quantitative estimate of drug-likeness (QED) is 0.612. The Kier molecular flexibility index (Phi) is 8.43. The highest BCUT2D eigenvalue weighted by atomic mass is 16.5. The average molecular weight is 377 g/mol. The molecule has 1 heterocycles. The van der Waals surface area contributed by atoms with Crippen molar-refractivity contribution in [3.8, 4) is 11.5 Å². The zero-order valence-corrected chi connectivity index (χ0v) is 16.7. The van der Waals surface area contributed by atoms with Gasteiger partial charge in [-0.3, -0.25) is 4.79 Å². The van der Waals surface area contributed by atoms with Crippen molar-refractivity contribution in [2.24, 2.45) is 0 Å². The molecular weight excluding hydrogens is 346 g/mol. The molecule has 1 amide bonds. The van der Waals surface area contributed by atoms with E-state index >= 15 is 0 Å². The summed E-state index contributed by atoms with van der Waals surface area (Å²) in [4.78, 5) is 26.7. The molecule has 0 radical (unpaired) electrons. The van der Waals surface area contributed by atoms with Gasteiger partial charge in [0.25, 0.3) is 5.91 Å². The zero-order valence-electron chi connectivity index (χ0n) is 16.7. The second-order valence-electron chi connectivity index (χ2n) is 6.66. The highest BCUT2D eigenvalue weighted by molar-refractivity contribution is 5.92. The Morgan fingerprint density at radius 2 is 1.93 bits per heavy atom. The molecule has 1 saturated heterocycles. The molecule has 2 rings (SSSR count). The molecule has 150 valence electrons. The normalized spacial score (nSPS) is 16.7. The number of carbonyl (C=O) groups is 2. The number of benzene rings is 1. The summed E-state index contributed by atoms with van der Waals surface area (Å²) < 4.78 is 16.5. The summed E-state index contributed by atoms with van der Waals surface area (Å²) in [5.74, 6) is 0.457. The number of hydrogen-bond acceptors (Lipinski definition) is 5. The molecule has 6 heteroatoms. The van der Waals surface area contributed by atoms with E-state index < -0.39 is 5.97 Å². The van der Waals surface area contributed by atoms with Crippen molar-refractivity contribution in [1.82, 2.24) is 4.90 Å². The molecule has 1 atom stereocenters. The summed E-state index contributed by atoms with van der Waals surface area (Å²) in [6.45, 7) is 7.53. The fraction of sp³-hybridized carbons (Fsp3) is 0.619. The first-order valence-electron chi connectivity index (χ1n) is 9.96. The number of hydrogen-bond donors (Lipinski definition) is 0. The lowest BCUT2D eigenvalue weighted by Crippen LogP contribution is -2.45. The van der Waals surface area contributed by atoms with Crippen LogP contribution < -0.4 is 9.47 Å². The van der Waals surface area contributed by atoms with Crippen LogP contribution in [0.15, 0.2) is 18.2 Å². The topological polar surface area (TPSA) is 65.1 Å². The summed E-state index contributed by atoms with van der Waals surface area (Å²) in [6.07, 6.45) is 4.98. The van der Waals surface area contributed by atoms with Gasteiger partial charge < -0.3 is 19.1 Å². The van der Waals surface area contributed by atoms with Gasteiger partial charge in [-0.25, -0.2) is 4.79 Å². The van der Waals surface area contributed by atoms with Crippen LogP contribution in [0.5, 0.6) is 11.5 Å². The van der Waals surface area contributed by atoms with Crippen molar-refractivity contribution >= 4 is 11.9 Å². The highest BCUT2D eigenvalue weighted by Gasteiger charge is 2.26. The molecule has 1 unspecified atom stereocenters. The molecule has 1 aromatic carbocycles. The molecule has 0 aromatic heterocycles. The van der Waals surface area contributed by atoms with Crippen LogP contribution in [0.4, 0.5) is 0 Å². The van der Waals surface area contributed by atoms with Gasteiger partial charge in [0.15, 0.2) is 18.1 Å². The van der Waals surface area contributed by atoms with Gasteiger partial charge in [-0.05, 0) is 57.2 Å². The van der Waals surface area contributed by atoms with Crippen LogP contribution in [0, 0.1) is 0 Å². The van der Waals surface area contributed by atoms with Crippen LogP contribution in [-0.4, -0.2) is 49.2 Å². The summed E-state index contributed by atoms with van der Waals surface area (Å²) in [5.41, 5.74) is 0.348. The smallest absolute Gasteiger partial charge is 0.338 e. The number of esters is 1. The first-order valence-corrected chi connectivity index (χ1v) is 9.96. The summed E-state index contributed by atoms with van der Waals surface area (Å²) in [6, 6.07) is 5.20. The summed E-state index contributed by atoms with van der Waals surface area (Å²) in [7, 11) is 0. The fourth-order valence-corrected chi connectivity index (χ4v) is 3.28. The second kappa shape index (κ2) is 10.8. The first kappa shape index (κ1) is 21.1. The molecule has 0 N–H and O–H groups in total. The zero-order chi connectivity index (χ0) is 19.6. The molecule has 1 aromatic rings. The summed E-state index contributed by atoms with van der Waals surface area (Å²) >= 11 is 0. The van der Waals surface area contributed by atoms with E-state index in [1.165, 1.54) is 0 Å². The molecule has 27 heavy (non-hydrogen) atoms. The van der Waals surface area contributed by atoms with Gasteiger partial charge in [-0.2, -0.15) is 0 Å². The monoisotopic (exact) mass is 377 g/mol. The lowest BCUT2D eigenvalue weighted by atomic mass is 10.00. The van der Waals surface area contributed by atoms with E-state index in [-0.39, 0.29) is 18.6 Å². The Hall–Kier alpha value is -2.24. The van der Waals surface area contributed by atoms with Gasteiger partial charge in [0.2, 0.25) is 0 Å². The van der Waals surface area contributed by atoms with Crippen LogP contribution >= 0.6 is 0 Å². The minimum atomic E-state index is -0.531. The largest absolute Gasteiger partial charge is 0.490 e. The molecule has 1 aliphatic heterocycles. The third kappa shape index (κ3) is 5.88. The van der Waals surface area contributed by atoms with Crippen LogP contribution in [0.1, 0.15) is 63.2 Å². The minimum Gasteiger partial charge on any atom is -0.490 e. The highest BCUT2D eigenvalue weighted by Crippen LogP contribution is 2.29. The van der Waals surface area contributed by atoms with E-state index in [2.05, 4.69) is 6.92 Å². The molecule has 0 aliphatic carbocycles. The Morgan fingerprint density at radius 1 is 1.11 bits per heavy atom. The third-order valence-corrected chi connectivity index (χ3v) is 4.69. The number of piperidine rings is 1. The van der Waals surface area contributed by atoms with Crippen LogP contribution in [0.2, 0.25) is 0 Å². The van der Waals surface area contributed by atoms with Gasteiger partial charge in [0, 0.05) is 12.6 Å². The molecule has 1 aliphatic rings. The number of rotatable bonds is 9. The molecule has 6 nitrogen and oxygen atoms in total. The lowest BCUT2D eigenvalue weighted by Gasteiger charge is -2.35. The predicted molar refractivity (Wildman–Crippen MR) is 103 cm³/mol. The Labute approximate surface area is 161 Å². The summed E-state index contributed by atoms with van der Waals surface area (Å²) in [5, 5.41) is 0. The minimum absolute atomic E-state index is 0.122. The Morgan fingerprint density at radius 3 is 2.63 bits per heavy atom. The van der Waals surface area contributed by atoms with Crippen molar-refractivity contribution in [1.29, 1.82) is 0 Å². The number of carbonyl (C=O) groups excluding carboxylic acids is 2. The number of likely N-dealkylation sites (tertiary alicyclic amines) is 1. The van der Waals surface area contributed by atoms with Gasteiger partial charge in [0.05, 0.1) is 18.8 Å². The fourth-order valence-electron chi connectivity index (χ4n) is 3.28. The number of amides is 1. The maximum atomic E-state index is 12.4. The number of nitrogens with zero attached hydrogens (tertiary/aromatic N) is 1. The van der Waals surface area contributed by atoms with Gasteiger partial charge in [-0.15, -0.1) is 0 Å². The van der Waals surface area contributed by atoms with Crippen molar-refractivity contribution in [2.45, 2.75) is 58.9 Å². The standard InChI is InChI=1S/C21H31NO5/c1-4-13-26-18-11-10-16(14-19(18)25-6-3)21(24)27-15-20(23)22-12-8-7-9-17(22)5-2/h10-11,14,17H,4-9,12-13,15H2,1-3H3. The van der Waals surface area contributed by atoms with Crippen molar-refractivity contribution in [3.05, 3.63) is 23.8 Å². The van der Waals surface area contributed by atoms with Gasteiger partial charge in [-0.1, -0.05) is 13.8 Å². The van der Waals surface area contributed by atoms with Crippen molar-refractivity contribution in [2.75, 3.05) is 26.4 Å². The average Bonchev–Trinajstić information content (AvgIpc) is 2.70. The van der Waals surface area contributed by atoms with Crippen molar-refractivity contribution < 1.29 is 23.8 Å². The van der Waals surface area contributed by atoms with Crippen LogP contribution in [0.25, 0.3) is 0 Å². The molecule has 1 fully saturated rings. The Balaban J connectivity index is 1.98. The van der Waals surface area contributed by atoms with E-state index in [4.69, 9.17) is 14.2 Å². The molecule has 0 bridgehead atoms. The second-order valence-corrected chi connectivity index (χ2v) is 6.66. The van der Waals surface area contributed by atoms with E-state index in [9.17, 15) is 9.59 Å². The SMILES string of the molecule is CCCOc1ccc(C(=O)OCC(=O)N2CCCCC2CC)cc1OCC. The van der Waals surface area contributed by atoms with Crippen molar-refractivity contribution in [3.63, 3.8) is 0 Å². The molecule has 0 spiro atoms. The van der Waals surface area contributed by atoms with Gasteiger partial charge >= 0.3 is 5.97 Å². The van der Waals surface area contributed by atoms with E-state index in [1.54, 1.807) is 18.2 Å². The van der Waals surface area contributed by atoms with Gasteiger partial charge in [0.1, 0.15) is 0 Å². The first-order chi connectivity index (χ1) is 13.1. The predicted octanol–water partition coefficient (Wildman–Crippen LogP) is 3.82. The molecule has 0 saturated carbocycles. The van der Waals surface area contributed by atoms with E-state index in [1.807, 2.05) is 18.7 Å². The van der Waals surface area contributed by atoms with Crippen LogP contribution in [0.3, 0.4) is 0 Å².